The molecule has 1 saturated heterocycles. The van der Waals surface area contributed by atoms with Gasteiger partial charge in [-0.3, -0.25) is 9.89 Å². The highest BCUT2D eigenvalue weighted by Gasteiger charge is 2.20. The largest absolute Gasteiger partial charge is 0.389 e. The molecule has 7 heteroatoms. The van der Waals surface area contributed by atoms with Gasteiger partial charge in [-0.05, 0) is 18.8 Å². The molecule has 0 aromatic rings. The number of rotatable bonds is 9. The molecule has 0 aromatic carbocycles. The fourth-order valence-electron chi connectivity index (χ4n) is 2.77. The molecule has 2 N–H and O–H groups in total. The van der Waals surface area contributed by atoms with Crippen LogP contribution >= 0.6 is 24.0 Å². The lowest BCUT2D eigenvalue weighted by Gasteiger charge is -2.37. The molecule has 1 heterocycles. The number of hydrogen-bond donors (Lipinski definition) is 2. The van der Waals surface area contributed by atoms with Crippen molar-refractivity contribution in [2.75, 3.05) is 59.0 Å². The van der Waals surface area contributed by atoms with Crippen LogP contribution in [-0.4, -0.2) is 86.0 Å². The lowest BCUT2D eigenvalue weighted by molar-refractivity contribution is 0.0300. The lowest BCUT2D eigenvalue weighted by atomic mass is 10.2. The van der Waals surface area contributed by atoms with Gasteiger partial charge in [-0.15, -0.1) is 24.0 Å². The Labute approximate surface area is 171 Å². The van der Waals surface area contributed by atoms with E-state index in [1.54, 1.807) is 0 Å². The van der Waals surface area contributed by atoms with Crippen LogP contribution in [0.15, 0.2) is 4.99 Å². The van der Waals surface area contributed by atoms with Gasteiger partial charge in [0, 0.05) is 45.9 Å². The van der Waals surface area contributed by atoms with Crippen molar-refractivity contribution in [1.82, 2.24) is 15.1 Å². The van der Waals surface area contributed by atoms with E-state index < -0.39 is 6.10 Å². The number of piperazine rings is 1. The van der Waals surface area contributed by atoms with Crippen molar-refractivity contribution in [2.24, 2.45) is 16.8 Å². The first kappa shape index (κ1) is 24.9. The number of aliphatic hydroxyl groups is 1. The van der Waals surface area contributed by atoms with Gasteiger partial charge in [0.15, 0.2) is 5.96 Å². The standard InChI is InChI=1S/C18H38N4O2.HI/c1-6-19-18(20-11-17(23)14-24-13-16(4)5)22-9-7-21(8-10-22)12-15(2)3;/h15-17,23H,6-14H2,1-5H3,(H,19,20);1H. The Morgan fingerprint density at radius 1 is 1.08 bits per heavy atom. The number of nitrogens with one attached hydrogen (secondary N) is 1. The van der Waals surface area contributed by atoms with Gasteiger partial charge < -0.3 is 20.1 Å². The minimum Gasteiger partial charge on any atom is -0.389 e. The molecule has 6 nitrogen and oxygen atoms in total. The molecule has 1 unspecified atom stereocenters. The predicted molar refractivity (Wildman–Crippen MR) is 116 cm³/mol. The van der Waals surface area contributed by atoms with E-state index in [1.165, 1.54) is 0 Å². The maximum atomic E-state index is 10.0. The molecule has 25 heavy (non-hydrogen) atoms. The summed E-state index contributed by atoms with van der Waals surface area (Å²) in [5.74, 6) is 2.10. The second-order valence-electron chi connectivity index (χ2n) is 7.46. The molecule has 0 bridgehead atoms. The van der Waals surface area contributed by atoms with Gasteiger partial charge >= 0.3 is 0 Å². The zero-order chi connectivity index (χ0) is 17.9. The number of aliphatic hydroxyl groups excluding tert-OH is 1. The molecule has 0 aliphatic carbocycles. The molecule has 0 saturated carbocycles. The van der Waals surface area contributed by atoms with Crippen molar-refractivity contribution >= 4 is 29.9 Å². The number of aliphatic imine (C=N–C) groups is 1. The van der Waals surface area contributed by atoms with E-state index in [0.717, 1.165) is 45.2 Å². The highest BCUT2D eigenvalue weighted by molar-refractivity contribution is 14.0. The van der Waals surface area contributed by atoms with Crippen LogP contribution < -0.4 is 5.32 Å². The van der Waals surface area contributed by atoms with E-state index in [0.29, 0.717) is 31.6 Å². The third-order valence-corrected chi connectivity index (χ3v) is 3.84. The van der Waals surface area contributed by atoms with Gasteiger partial charge in [0.2, 0.25) is 0 Å². The van der Waals surface area contributed by atoms with Crippen LogP contribution in [0.2, 0.25) is 0 Å². The molecule has 0 amide bonds. The number of hydrogen-bond acceptors (Lipinski definition) is 4. The SMILES string of the molecule is CCNC(=NCC(O)COCC(C)C)N1CCN(CC(C)C)CC1.I. The molecule has 150 valence electrons. The van der Waals surface area contributed by atoms with Gasteiger partial charge in [0.05, 0.1) is 19.3 Å². The van der Waals surface area contributed by atoms with E-state index in [2.05, 4.69) is 54.7 Å². The monoisotopic (exact) mass is 470 g/mol. The molecule has 1 aliphatic rings. The lowest BCUT2D eigenvalue weighted by Crippen LogP contribution is -2.53. The second-order valence-corrected chi connectivity index (χ2v) is 7.46. The van der Waals surface area contributed by atoms with Gasteiger partial charge in [-0.2, -0.15) is 0 Å². The van der Waals surface area contributed by atoms with Gasteiger partial charge in [0.1, 0.15) is 0 Å². The van der Waals surface area contributed by atoms with E-state index in [9.17, 15) is 5.11 Å². The van der Waals surface area contributed by atoms with Gasteiger partial charge in [-0.25, -0.2) is 0 Å². The fraction of sp³-hybridized carbons (Fsp3) is 0.944. The summed E-state index contributed by atoms with van der Waals surface area (Å²) in [4.78, 5) is 9.41. The first-order valence-electron chi connectivity index (χ1n) is 9.43. The third-order valence-electron chi connectivity index (χ3n) is 3.84. The van der Waals surface area contributed by atoms with Crippen LogP contribution in [0, 0.1) is 11.8 Å². The third kappa shape index (κ3) is 11.2. The number of ether oxygens (including phenoxy) is 1. The average Bonchev–Trinajstić information content (AvgIpc) is 2.51. The maximum absolute atomic E-state index is 10.0. The molecule has 0 aromatic heterocycles. The minimum absolute atomic E-state index is 0. The van der Waals surface area contributed by atoms with E-state index in [4.69, 9.17) is 4.74 Å². The number of halogens is 1. The number of nitrogens with zero attached hydrogens (tertiary/aromatic N) is 3. The first-order chi connectivity index (χ1) is 11.4. The fourth-order valence-corrected chi connectivity index (χ4v) is 2.77. The predicted octanol–water partition coefficient (Wildman–Crippen LogP) is 1.88. The Kier molecular flexibility index (Phi) is 13.9. The average molecular weight is 470 g/mol. The van der Waals surface area contributed by atoms with Crippen LogP contribution in [0.25, 0.3) is 0 Å². The maximum Gasteiger partial charge on any atom is 0.194 e. The highest BCUT2D eigenvalue weighted by Crippen LogP contribution is 2.06. The van der Waals surface area contributed by atoms with Gasteiger partial charge in [-0.1, -0.05) is 27.7 Å². The summed E-state index contributed by atoms with van der Waals surface area (Å²) in [6.45, 7) is 18.3. The Morgan fingerprint density at radius 3 is 2.24 bits per heavy atom. The zero-order valence-electron chi connectivity index (χ0n) is 16.7. The smallest absolute Gasteiger partial charge is 0.194 e. The first-order valence-corrected chi connectivity index (χ1v) is 9.43. The van der Waals surface area contributed by atoms with Crippen LogP contribution in [0.5, 0.6) is 0 Å². The van der Waals surface area contributed by atoms with Crippen LogP contribution in [0.4, 0.5) is 0 Å². The van der Waals surface area contributed by atoms with Crippen molar-refractivity contribution in [3.8, 4) is 0 Å². The molecule has 0 spiro atoms. The summed E-state index contributed by atoms with van der Waals surface area (Å²) in [6, 6.07) is 0. The van der Waals surface area contributed by atoms with Crippen molar-refractivity contribution in [3.63, 3.8) is 0 Å². The van der Waals surface area contributed by atoms with Crippen LogP contribution in [-0.2, 0) is 4.74 Å². The Balaban J connectivity index is 0.00000576. The summed E-state index contributed by atoms with van der Waals surface area (Å²) >= 11 is 0. The van der Waals surface area contributed by atoms with E-state index in [-0.39, 0.29) is 24.0 Å². The minimum atomic E-state index is -0.542. The molecule has 0 radical (unpaired) electrons. The van der Waals surface area contributed by atoms with Crippen molar-refractivity contribution in [2.45, 2.75) is 40.7 Å². The summed E-state index contributed by atoms with van der Waals surface area (Å²) in [6.07, 6.45) is -0.542. The highest BCUT2D eigenvalue weighted by atomic mass is 127. The molecular formula is C18H39IN4O2. The summed E-state index contributed by atoms with van der Waals surface area (Å²) in [7, 11) is 0. The molecule has 1 fully saturated rings. The van der Waals surface area contributed by atoms with Crippen molar-refractivity contribution < 1.29 is 9.84 Å². The molecular weight excluding hydrogens is 431 g/mol. The van der Waals surface area contributed by atoms with E-state index in [1.807, 2.05) is 0 Å². The summed E-state index contributed by atoms with van der Waals surface area (Å²) in [5, 5.41) is 13.4. The normalized spacial score (nSPS) is 17.8. The van der Waals surface area contributed by atoms with Crippen molar-refractivity contribution in [1.29, 1.82) is 0 Å². The van der Waals surface area contributed by atoms with Crippen LogP contribution in [0.1, 0.15) is 34.6 Å². The second kappa shape index (κ2) is 14.0. The number of guanidine groups is 1. The quantitative estimate of drug-likeness (QED) is 0.306. The zero-order valence-corrected chi connectivity index (χ0v) is 19.0. The molecule has 1 atom stereocenters. The van der Waals surface area contributed by atoms with Crippen LogP contribution in [0.3, 0.4) is 0 Å². The molecule has 1 aliphatic heterocycles. The summed E-state index contributed by atoms with van der Waals surface area (Å²) < 4.78 is 5.49. The van der Waals surface area contributed by atoms with Crippen molar-refractivity contribution in [3.05, 3.63) is 0 Å². The van der Waals surface area contributed by atoms with E-state index >= 15 is 0 Å². The Bertz CT molecular complexity index is 359. The summed E-state index contributed by atoms with van der Waals surface area (Å²) in [5.41, 5.74) is 0. The topological polar surface area (TPSA) is 60.3 Å². The van der Waals surface area contributed by atoms with Gasteiger partial charge in [0.25, 0.3) is 0 Å². The Morgan fingerprint density at radius 2 is 1.72 bits per heavy atom. The Hall–Kier alpha value is -0.120. The molecule has 1 rings (SSSR count).